The van der Waals surface area contributed by atoms with Crippen LogP contribution in [0.2, 0.25) is 18.1 Å². The third-order valence-corrected chi connectivity index (χ3v) is 13.1. The molecule has 0 amide bonds. The van der Waals surface area contributed by atoms with Crippen LogP contribution in [0.15, 0.2) is 23.8 Å². The largest absolute Gasteiger partial charge is 0.462 e. The molecule has 1 N–H and O–H groups in total. The average Bonchev–Trinajstić information content (AvgIpc) is 2.65. The molecule has 3 aliphatic rings. The Bertz CT molecular complexity index is 806. The zero-order chi connectivity index (χ0) is 24.7. The maximum absolute atomic E-state index is 13.4. The topological polar surface area (TPSA) is 72.8 Å². The van der Waals surface area contributed by atoms with E-state index in [4.69, 9.17) is 9.16 Å². The van der Waals surface area contributed by atoms with Crippen molar-refractivity contribution in [2.45, 2.75) is 104 Å². The van der Waals surface area contributed by atoms with E-state index >= 15 is 0 Å². The molecule has 33 heavy (non-hydrogen) atoms. The molecule has 2 aliphatic carbocycles. The van der Waals surface area contributed by atoms with Gasteiger partial charge in [-0.2, -0.15) is 0 Å². The molecule has 0 spiro atoms. The van der Waals surface area contributed by atoms with E-state index in [0.29, 0.717) is 6.42 Å². The minimum absolute atomic E-state index is 0.0370. The minimum atomic E-state index is -1.97. The van der Waals surface area contributed by atoms with E-state index in [9.17, 15) is 14.7 Å². The monoisotopic (exact) mass is 476 g/mol. The third-order valence-electron chi connectivity index (χ3n) is 8.54. The summed E-state index contributed by atoms with van der Waals surface area (Å²) < 4.78 is 12.3. The Balaban J connectivity index is 1.70. The van der Waals surface area contributed by atoms with Gasteiger partial charge in [-0.1, -0.05) is 52.8 Å². The Hall–Kier alpha value is -1.24. The summed E-state index contributed by atoms with van der Waals surface area (Å²) in [6.07, 6.45) is 8.15. The number of fused-ring (bicyclic) bond motifs is 1. The van der Waals surface area contributed by atoms with Crippen LogP contribution in [-0.2, 0) is 18.8 Å². The van der Waals surface area contributed by atoms with Crippen molar-refractivity contribution in [3.63, 3.8) is 0 Å². The van der Waals surface area contributed by atoms with Gasteiger partial charge in [-0.3, -0.25) is 9.59 Å². The number of ether oxygens (including phenoxy) is 1. The van der Waals surface area contributed by atoms with Crippen LogP contribution in [0.4, 0.5) is 0 Å². The summed E-state index contributed by atoms with van der Waals surface area (Å²) in [6.45, 7) is 17.0. The molecule has 6 heteroatoms. The molecule has 0 saturated carbocycles. The summed E-state index contributed by atoms with van der Waals surface area (Å²) in [7, 11) is -1.97. The van der Waals surface area contributed by atoms with Gasteiger partial charge in [0.1, 0.15) is 11.9 Å². The standard InChI is InChI=1S/C27H44O5Si/c1-16-9-10-19-13-17(2)24(18(3)28)26(30)25(19)22(16)12-11-20-14-21(15-23(29)31-20)32-33(7,8)27(4,5)6/h9-10,13,16-18,20-22,24-25,28H,11-12,14-15H2,1-8H3/t16-,17-,18-,20+,21+,22-,24-,25-/m0/s1. The quantitative estimate of drug-likeness (QED) is 0.408. The SMILES string of the molecule is C[C@H](O)[C@H]1C(=O)[C@H]2C(=C[C@@H]1C)C=C[C@H](C)[C@@H]2CC[C@@H]1C[C@@H](O[Si](C)(C)C(C)(C)C)CC(=O)O1. The van der Waals surface area contributed by atoms with Gasteiger partial charge < -0.3 is 14.3 Å². The van der Waals surface area contributed by atoms with E-state index in [2.05, 4.69) is 59.0 Å². The van der Waals surface area contributed by atoms with Crippen LogP contribution in [0, 0.1) is 29.6 Å². The van der Waals surface area contributed by atoms with Gasteiger partial charge in [0.05, 0.1) is 24.5 Å². The van der Waals surface area contributed by atoms with E-state index < -0.39 is 14.4 Å². The Morgan fingerprint density at radius 3 is 2.45 bits per heavy atom. The van der Waals surface area contributed by atoms with Crippen LogP contribution in [0.5, 0.6) is 0 Å². The Morgan fingerprint density at radius 2 is 1.85 bits per heavy atom. The molecule has 5 nitrogen and oxygen atoms in total. The summed E-state index contributed by atoms with van der Waals surface area (Å²) >= 11 is 0. The van der Waals surface area contributed by atoms with Crippen LogP contribution < -0.4 is 0 Å². The first-order valence-electron chi connectivity index (χ1n) is 12.7. The number of aliphatic hydroxyl groups excluding tert-OH is 1. The number of carbonyl (C=O) groups excluding carboxylic acids is 2. The van der Waals surface area contributed by atoms with Crippen molar-refractivity contribution in [3.05, 3.63) is 23.8 Å². The molecule has 186 valence electrons. The number of carbonyl (C=O) groups is 2. The molecule has 0 aromatic carbocycles. The van der Waals surface area contributed by atoms with Crippen molar-refractivity contribution in [1.29, 1.82) is 0 Å². The minimum Gasteiger partial charge on any atom is -0.462 e. The number of rotatable bonds is 6. The molecule has 0 unspecified atom stereocenters. The van der Waals surface area contributed by atoms with Crippen molar-refractivity contribution < 1.29 is 23.9 Å². The van der Waals surface area contributed by atoms with Crippen molar-refractivity contribution >= 4 is 20.1 Å². The van der Waals surface area contributed by atoms with Gasteiger partial charge in [-0.25, -0.2) is 0 Å². The molecule has 3 rings (SSSR count). The number of hydrogen-bond donors (Lipinski definition) is 1. The first-order valence-corrected chi connectivity index (χ1v) is 15.6. The lowest BCUT2D eigenvalue weighted by molar-refractivity contribution is -0.160. The van der Waals surface area contributed by atoms with E-state index in [0.717, 1.165) is 24.8 Å². The lowest BCUT2D eigenvalue weighted by Crippen LogP contribution is -2.47. The first kappa shape index (κ1) is 26.4. The smallest absolute Gasteiger partial charge is 0.308 e. The Kier molecular flexibility index (Phi) is 7.82. The number of cyclic esters (lactones) is 1. The number of Topliss-reactive ketones (excluding diaryl/α,β-unsaturated/α-hetero) is 1. The van der Waals surface area contributed by atoms with E-state index in [1.165, 1.54) is 0 Å². The molecule has 0 aromatic heterocycles. The molecule has 8 atom stereocenters. The third kappa shape index (κ3) is 5.71. The highest BCUT2D eigenvalue weighted by atomic mass is 28.4. The van der Waals surface area contributed by atoms with Crippen molar-refractivity contribution in [2.75, 3.05) is 0 Å². The molecule has 0 radical (unpaired) electrons. The van der Waals surface area contributed by atoms with E-state index in [1.54, 1.807) is 6.92 Å². The van der Waals surface area contributed by atoms with Gasteiger partial charge in [0.15, 0.2) is 8.32 Å². The molecular formula is C27H44O5Si. The molecule has 1 heterocycles. The molecule has 1 aliphatic heterocycles. The number of esters is 1. The highest BCUT2D eigenvalue weighted by Gasteiger charge is 2.45. The summed E-state index contributed by atoms with van der Waals surface area (Å²) in [6, 6.07) is 0. The van der Waals surface area contributed by atoms with Gasteiger partial charge >= 0.3 is 5.97 Å². The van der Waals surface area contributed by atoms with Crippen LogP contribution in [-0.4, -0.2) is 43.5 Å². The second-order valence-electron chi connectivity index (χ2n) is 12.2. The number of hydrogen-bond acceptors (Lipinski definition) is 5. The predicted molar refractivity (Wildman–Crippen MR) is 133 cm³/mol. The molecule has 0 aromatic rings. The second-order valence-corrected chi connectivity index (χ2v) is 16.9. The van der Waals surface area contributed by atoms with Gasteiger partial charge in [0.25, 0.3) is 0 Å². The molecule has 0 bridgehead atoms. The summed E-state index contributed by atoms with van der Waals surface area (Å²) in [5.41, 5.74) is 1.09. The summed E-state index contributed by atoms with van der Waals surface area (Å²) in [4.78, 5) is 25.8. The average molecular weight is 477 g/mol. The molecule has 1 saturated heterocycles. The Labute approximate surface area is 201 Å². The maximum Gasteiger partial charge on any atom is 0.308 e. The van der Waals surface area contributed by atoms with Gasteiger partial charge in [-0.15, -0.1) is 0 Å². The van der Waals surface area contributed by atoms with E-state index in [1.807, 2.05) is 6.92 Å². The molecule has 1 fully saturated rings. The van der Waals surface area contributed by atoms with Crippen LogP contribution >= 0.6 is 0 Å². The fourth-order valence-electron chi connectivity index (χ4n) is 5.66. The highest BCUT2D eigenvalue weighted by molar-refractivity contribution is 6.74. The van der Waals surface area contributed by atoms with Gasteiger partial charge in [0, 0.05) is 12.3 Å². The fourth-order valence-corrected chi connectivity index (χ4v) is 7.02. The maximum atomic E-state index is 13.4. The lowest BCUT2D eigenvalue weighted by Gasteiger charge is -2.42. The highest BCUT2D eigenvalue weighted by Crippen LogP contribution is 2.45. The fraction of sp³-hybridized carbons (Fsp3) is 0.778. The second kappa shape index (κ2) is 9.78. The van der Waals surface area contributed by atoms with Crippen LogP contribution in [0.1, 0.15) is 67.2 Å². The van der Waals surface area contributed by atoms with Crippen LogP contribution in [0.3, 0.4) is 0 Å². The Morgan fingerprint density at radius 1 is 1.18 bits per heavy atom. The number of ketones is 1. The molecular weight excluding hydrogens is 432 g/mol. The van der Waals surface area contributed by atoms with Crippen molar-refractivity contribution in [1.82, 2.24) is 0 Å². The van der Waals surface area contributed by atoms with Crippen LogP contribution in [0.25, 0.3) is 0 Å². The zero-order valence-corrected chi connectivity index (χ0v) is 22.8. The normalized spacial score (nSPS) is 36.2. The number of allylic oxidation sites excluding steroid dienone is 4. The first-order chi connectivity index (χ1) is 15.2. The van der Waals surface area contributed by atoms with Gasteiger partial charge in [-0.05, 0) is 61.2 Å². The van der Waals surface area contributed by atoms with Gasteiger partial charge in [0.2, 0.25) is 0 Å². The summed E-state index contributed by atoms with van der Waals surface area (Å²) in [5.74, 6) is -0.0929. The van der Waals surface area contributed by atoms with Crippen molar-refractivity contribution in [3.8, 4) is 0 Å². The summed E-state index contributed by atoms with van der Waals surface area (Å²) in [5, 5.41) is 10.4. The zero-order valence-electron chi connectivity index (χ0n) is 21.8. The number of aliphatic hydroxyl groups is 1. The van der Waals surface area contributed by atoms with Crippen molar-refractivity contribution in [2.24, 2.45) is 29.6 Å². The predicted octanol–water partition coefficient (Wildman–Crippen LogP) is 5.44. The lowest BCUT2D eigenvalue weighted by atomic mass is 9.62. The van der Waals surface area contributed by atoms with E-state index in [-0.39, 0.29) is 58.6 Å².